The van der Waals surface area contributed by atoms with Crippen LogP contribution < -0.4 is 0 Å². The van der Waals surface area contributed by atoms with E-state index in [9.17, 15) is 9.90 Å². The third-order valence-corrected chi connectivity index (χ3v) is 3.54. The molecule has 1 aliphatic heterocycles. The van der Waals surface area contributed by atoms with Crippen LogP contribution in [-0.4, -0.2) is 23.8 Å². The SMILES string of the molecule is Cc1cccc(C(CCC2CCCO2)C(=O)O)c1. The second kappa shape index (κ2) is 6.01. The first kappa shape index (κ1) is 13.1. The molecule has 1 saturated heterocycles. The van der Waals surface area contributed by atoms with E-state index in [-0.39, 0.29) is 6.10 Å². The largest absolute Gasteiger partial charge is 0.481 e. The van der Waals surface area contributed by atoms with Gasteiger partial charge in [0.2, 0.25) is 0 Å². The van der Waals surface area contributed by atoms with Gasteiger partial charge in [0.05, 0.1) is 12.0 Å². The number of hydrogen-bond donors (Lipinski definition) is 1. The summed E-state index contributed by atoms with van der Waals surface area (Å²) in [4.78, 5) is 11.4. The highest BCUT2D eigenvalue weighted by atomic mass is 16.5. The van der Waals surface area contributed by atoms with Gasteiger partial charge in [0.15, 0.2) is 0 Å². The van der Waals surface area contributed by atoms with Crippen LogP contribution in [-0.2, 0) is 9.53 Å². The van der Waals surface area contributed by atoms with E-state index in [2.05, 4.69) is 0 Å². The van der Waals surface area contributed by atoms with Crippen molar-refractivity contribution in [2.24, 2.45) is 0 Å². The number of aliphatic carboxylic acids is 1. The maximum absolute atomic E-state index is 11.4. The minimum Gasteiger partial charge on any atom is -0.481 e. The molecule has 18 heavy (non-hydrogen) atoms. The summed E-state index contributed by atoms with van der Waals surface area (Å²) in [5.41, 5.74) is 2.01. The van der Waals surface area contributed by atoms with Crippen LogP contribution in [0.2, 0.25) is 0 Å². The highest BCUT2D eigenvalue weighted by Gasteiger charge is 2.23. The molecule has 98 valence electrons. The molecule has 2 atom stereocenters. The average Bonchev–Trinajstić information content (AvgIpc) is 2.82. The van der Waals surface area contributed by atoms with E-state index in [0.29, 0.717) is 6.42 Å². The molecule has 3 nitrogen and oxygen atoms in total. The summed E-state index contributed by atoms with van der Waals surface area (Å²) in [6.07, 6.45) is 3.93. The zero-order valence-corrected chi connectivity index (χ0v) is 10.8. The van der Waals surface area contributed by atoms with Gasteiger partial charge in [-0.25, -0.2) is 0 Å². The van der Waals surface area contributed by atoms with Crippen molar-refractivity contribution in [1.82, 2.24) is 0 Å². The number of carboxylic acids is 1. The Hall–Kier alpha value is -1.35. The topological polar surface area (TPSA) is 46.5 Å². The van der Waals surface area contributed by atoms with Gasteiger partial charge in [-0.15, -0.1) is 0 Å². The first-order valence-electron chi connectivity index (χ1n) is 6.58. The molecule has 1 aromatic rings. The normalized spacial score (nSPS) is 20.8. The molecule has 1 N–H and O–H groups in total. The Morgan fingerprint density at radius 1 is 1.56 bits per heavy atom. The van der Waals surface area contributed by atoms with Gasteiger partial charge in [-0.05, 0) is 38.2 Å². The molecule has 0 amide bonds. The second-order valence-corrected chi connectivity index (χ2v) is 5.02. The molecular formula is C15H20O3. The summed E-state index contributed by atoms with van der Waals surface area (Å²) in [5, 5.41) is 9.35. The van der Waals surface area contributed by atoms with Gasteiger partial charge in [-0.1, -0.05) is 29.8 Å². The molecule has 2 rings (SSSR count). The maximum Gasteiger partial charge on any atom is 0.310 e. The molecule has 0 spiro atoms. The van der Waals surface area contributed by atoms with Gasteiger partial charge in [-0.3, -0.25) is 4.79 Å². The molecule has 1 heterocycles. The van der Waals surface area contributed by atoms with Gasteiger partial charge in [0.1, 0.15) is 0 Å². The molecule has 0 aliphatic carbocycles. The molecule has 3 heteroatoms. The van der Waals surface area contributed by atoms with Gasteiger partial charge in [0, 0.05) is 6.61 Å². The summed E-state index contributed by atoms with van der Waals surface area (Å²) in [5.74, 6) is -1.15. The molecule has 2 unspecified atom stereocenters. The number of carbonyl (C=O) groups is 1. The van der Waals surface area contributed by atoms with Crippen LogP contribution in [0.15, 0.2) is 24.3 Å². The lowest BCUT2D eigenvalue weighted by molar-refractivity contribution is -0.139. The van der Waals surface area contributed by atoms with Crippen molar-refractivity contribution in [3.05, 3.63) is 35.4 Å². The van der Waals surface area contributed by atoms with Crippen molar-refractivity contribution in [3.8, 4) is 0 Å². The van der Waals surface area contributed by atoms with Crippen molar-refractivity contribution >= 4 is 5.97 Å². The van der Waals surface area contributed by atoms with E-state index in [1.807, 2.05) is 31.2 Å². The van der Waals surface area contributed by atoms with Gasteiger partial charge < -0.3 is 9.84 Å². The van der Waals surface area contributed by atoms with Gasteiger partial charge >= 0.3 is 5.97 Å². The third kappa shape index (κ3) is 3.33. The van der Waals surface area contributed by atoms with Crippen LogP contribution in [0.3, 0.4) is 0 Å². The molecule has 0 bridgehead atoms. The molecule has 0 radical (unpaired) electrons. The lowest BCUT2D eigenvalue weighted by Crippen LogP contribution is -2.15. The molecule has 0 saturated carbocycles. The Bertz CT molecular complexity index is 408. The number of hydrogen-bond acceptors (Lipinski definition) is 2. The first-order valence-corrected chi connectivity index (χ1v) is 6.58. The van der Waals surface area contributed by atoms with Crippen LogP contribution >= 0.6 is 0 Å². The van der Waals surface area contributed by atoms with Gasteiger partial charge in [-0.2, -0.15) is 0 Å². The Labute approximate surface area is 108 Å². The minimum atomic E-state index is -0.737. The maximum atomic E-state index is 11.4. The van der Waals surface area contributed by atoms with E-state index in [1.165, 1.54) is 0 Å². The fraction of sp³-hybridized carbons (Fsp3) is 0.533. The number of aryl methyl sites for hydroxylation is 1. The molecule has 1 aliphatic rings. The number of benzene rings is 1. The van der Waals surface area contributed by atoms with Crippen LogP contribution in [0.4, 0.5) is 0 Å². The van der Waals surface area contributed by atoms with Crippen LogP contribution in [0.25, 0.3) is 0 Å². The van der Waals surface area contributed by atoms with E-state index < -0.39 is 11.9 Å². The van der Waals surface area contributed by atoms with Crippen molar-refractivity contribution in [1.29, 1.82) is 0 Å². The average molecular weight is 248 g/mol. The van der Waals surface area contributed by atoms with Crippen molar-refractivity contribution in [3.63, 3.8) is 0 Å². The summed E-state index contributed by atoms with van der Waals surface area (Å²) >= 11 is 0. The zero-order chi connectivity index (χ0) is 13.0. The highest BCUT2D eigenvalue weighted by Crippen LogP contribution is 2.26. The van der Waals surface area contributed by atoms with Crippen molar-refractivity contribution in [2.75, 3.05) is 6.61 Å². The first-order chi connectivity index (χ1) is 8.66. The summed E-state index contributed by atoms with van der Waals surface area (Å²) in [6.45, 7) is 2.81. The Kier molecular flexibility index (Phi) is 4.37. The Morgan fingerprint density at radius 3 is 3.00 bits per heavy atom. The predicted octanol–water partition coefficient (Wildman–Crippen LogP) is 3.12. The van der Waals surface area contributed by atoms with E-state index in [4.69, 9.17) is 4.74 Å². The van der Waals surface area contributed by atoms with Crippen LogP contribution in [0, 0.1) is 6.92 Å². The fourth-order valence-corrected chi connectivity index (χ4v) is 2.54. The highest BCUT2D eigenvalue weighted by molar-refractivity contribution is 5.76. The lowest BCUT2D eigenvalue weighted by atomic mass is 9.91. The second-order valence-electron chi connectivity index (χ2n) is 5.02. The zero-order valence-electron chi connectivity index (χ0n) is 10.8. The van der Waals surface area contributed by atoms with Gasteiger partial charge in [0.25, 0.3) is 0 Å². The van der Waals surface area contributed by atoms with E-state index in [0.717, 1.165) is 37.0 Å². The number of rotatable bonds is 5. The van der Waals surface area contributed by atoms with Crippen LogP contribution in [0.1, 0.15) is 42.7 Å². The van der Waals surface area contributed by atoms with Crippen molar-refractivity contribution in [2.45, 2.75) is 44.6 Å². The quantitative estimate of drug-likeness (QED) is 0.870. The monoisotopic (exact) mass is 248 g/mol. The Morgan fingerprint density at radius 2 is 2.39 bits per heavy atom. The standard InChI is InChI=1S/C15H20O3/c1-11-4-2-5-12(10-11)14(15(16)17)8-7-13-6-3-9-18-13/h2,4-5,10,13-14H,3,6-9H2,1H3,(H,16,17). The van der Waals surface area contributed by atoms with Crippen LogP contribution in [0.5, 0.6) is 0 Å². The lowest BCUT2D eigenvalue weighted by Gasteiger charge is -2.16. The van der Waals surface area contributed by atoms with E-state index >= 15 is 0 Å². The molecule has 0 aromatic heterocycles. The van der Waals surface area contributed by atoms with E-state index in [1.54, 1.807) is 0 Å². The predicted molar refractivity (Wildman–Crippen MR) is 69.8 cm³/mol. The fourth-order valence-electron chi connectivity index (χ4n) is 2.54. The third-order valence-electron chi connectivity index (χ3n) is 3.54. The summed E-state index contributed by atoms with van der Waals surface area (Å²) in [7, 11) is 0. The number of carboxylic acid groups (broad SMARTS) is 1. The molecule has 1 aromatic carbocycles. The molecular weight excluding hydrogens is 228 g/mol. The minimum absolute atomic E-state index is 0.261. The summed E-state index contributed by atoms with van der Waals surface area (Å²) < 4.78 is 5.55. The number of ether oxygens (including phenoxy) is 1. The molecule has 1 fully saturated rings. The van der Waals surface area contributed by atoms with Crippen molar-refractivity contribution < 1.29 is 14.6 Å². The smallest absolute Gasteiger partial charge is 0.310 e. The Balaban J connectivity index is 2.01. The summed E-state index contributed by atoms with van der Waals surface area (Å²) in [6, 6.07) is 7.78.